The summed E-state index contributed by atoms with van der Waals surface area (Å²) in [5.41, 5.74) is 0.594. The van der Waals surface area contributed by atoms with Crippen LogP contribution in [0, 0.1) is 5.92 Å². The van der Waals surface area contributed by atoms with Gasteiger partial charge < -0.3 is 15.0 Å². The minimum Gasteiger partial charge on any atom is -0.444 e. The maximum atomic E-state index is 12.0. The highest BCUT2D eigenvalue weighted by Crippen LogP contribution is 2.34. The average Bonchev–Trinajstić information content (AvgIpc) is 2.70. The minimum atomic E-state index is -0.446. The largest absolute Gasteiger partial charge is 0.444 e. The number of amides is 1. The first-order valence-electron chi connectivity index (χ1n) is 11.5. The Kier molecular flexibility index (Phi) is 8.39. The zero-order valence-electron chi connectivity index (χ0n) is 19.3. The van der Waals surface area contributed by atoms with Gasteiger partial charge in [0.05, 0.1) is 15.7 Å². The van der Waals surface area contributed by atoms with Crippen molar-refractivity contribution in [3.63, 3.8) is 0 Å². The van der Waals surface area contributed by atoms with E-state index in [1.165, 1.54) is 19.3 Å². The maximum absolute atomic E-state index is 12.0. The number of halogens is 2. The number of alkyl carbamates (subject to hydrolysis) is 1. The van der Waals surface area contributed by atoms with Crippen LogP contribution in [0.1, 0.15) is 59.8 Å². The number of ether oxygens (including phenoxy) is 1. The molecule has 0 radical (unpaired) electrons. The van der Waals surface area contributed by atoms with Crippen molar-refractivity contribution >= 4 is 35.0 Å². The van der Waals surface area contributed by atoms with Crippen LogP contribution in [0.3, 0.4) is 0 Å². The smallest absolute Gasteiger partial charge is 0.407 e. The van der Waals surface area contributed by atoms with Crippen molar-refractivity contribution in [2.75, 3.05) is 31.1 Å². The molecule has 1 saturated heterocycles. The molecule has 7 heteroatoms. The Morgan fingerprint density at radius 1 is 1.13 bits per heavy atom. The van der Waals surface area contributed by atoms with Gasteiger partial charge in [0.25, 0.3) is 0 Å². The molecule has 174 valence electrons. The maximum Gasteiger partial charge on any atom is 0.407 e. The number of hydrogen-bond acceptors (Lipinski definition) is 4. The van der Waals surface area contributed by atoms with Gasteiger partial charge in [-0.3, -0.25) is 4.90 Å². The number of benzene rings is 1. The quantitative estimate of drug-likeness (QED) is 0.575. The summed E-state index contributed by atoms with van der Waals surface area (Å²) in [5, 5.41) is 4.32. The van der Waals surface area contributed by atoms with Gasteiger partial charge in [-0.1, -0.05) is 29.3 Å². The van der Waals surface area contributed by atoms with E-state index in [0.29, 0.717) is 16.1 Å². The molecule has 1 aliphatic carbocycles. The highest BCUT2D eigenvalue weighted by atomic mass is 35.5. The Balaban J connectivity index is 1.39. The van der Waals surface area contributed by atoms with Crippen molar-refractivity contribution in [1.29, 1.82) is 0 Å². The van der Waals surface area contributed by atoms with Crippen LogP contribution in [0.25, 0.3) is 0 Å². The van der Waals surface area contributed by atoms with E-state index >= 15 is 0 Å². The van der Waals surface area contributed by atoms with Crippen LogP contribution >= 0.6 is 23.2 Å². The molecule has 1 atom stereocenters. The number of rotatable bonds is 5. The predicted molar refractivity (Wildman–Crippen MR) is 129 cm³/mol. The SMILES string of the molecule is CC(CC1CCC(NC(=O)OC(C)(C)C)CC1)N1CCN(c2cccc(Cl)c2Cl)CC1. The molecule has 5 nitrogen and oxygen atoms in total. The third-order valence-corrected chi connectivity index (χ3v) is 7.26. The molecule has 2 fully saturated rings. The Labute approximate surface area is 197 Å². The van der Waals surface area contributed by atoms with Crippen LogP contribution in [0.15, 0.2) is 18.2 Å². The second-order valence-corrected chi connectivity index (χ2v) is 10.8. The van der Waals surface area contributed by atoms with Gasteiger partial charge in [-0.2, -0.15) is 0 Å². The molecule has 1 unspecified atom stereocenters. The van der Waals surface area contributed by atoms with E-state index < -0.39 is 5.60 Å². The molecule has 3 rings (SSSR count). The lowest BCUT2D eigenvalue weighted by Crippen LogP contribution is -2.50. The summed E-state index contributed by atoms with van der Waals surface area (Å²) in [4.78, 5) is 16.9. The lowest BCUT2D eigenvalue weighted by atomic mass is 9.82. The fourth-order valence-electron chi connectivity index (χ4n) is 4.79. The molecular weight excluding hydrogens is 433 g/mol. The van der Waals surface area contributed by atoms with Crippen molar-refractivity contribution in [2.45, 2.75) is 77.5 Å². The molecule has 1 amide bonds. The van der Waals surface area contributed by atoms with E-state index in [1.807, 2.05) is 32.9 Å². The van der Waals surface area contributed by atoms with Gasteiger partial charge in [-0.25, -0.2) is 4.79 Å². The highest BCUT2D eigenvalue weighted by molar-refractivity contribution is 6.43. The lowest BCUT2D eigenvalue weighted by molar-refractivity contribution is 0.0483. The summed E-state index contributed by atoms with van der Waals surface area (Å²) in [5.74, 6) is 0.729. The fraction of sp³-hybridized carbons (Fsp3) is 0.708. The first kappa shape index (κ1) is 24.5. The second-order valence-electron chi connectivity index (χ2n) is 10.0. The average molecular weight is 470 g/mol. The van der Waals surface area contributed by atoms with Crippen LogP contribution in [0.2, 0.25) is 10.0 Å². The van der Waals surface area contributed by atoms with E-state index in [1.54, 1.807) is 0 Å². The number of piperazine rings is 1. The van der Waals surface area contributed by atoms with Gasteiger partial charge in [0.15, 0.2) is 0 Å². The first-order chi connectivity index (χ1) is 14.6. The van der Waals surface area contributed by atoms with Gasteiger partial charge in [0.1, 0.15) is 5.60 Å². The number of nitrogens with zero attached hydrogens (tertiary/aromatic N) is 2. The summed E-state index contributed by atoms with van der Waals surface area (Å²) in [7, 11) is 0. The van der Waals surface area contributed by atoms with Crippen LogP contribution in [-0.2, 0) is 4.74 Å². The first-order valence-corrected chi connectivity index (χ1v) is 12.3. The standard InChI is InChI=1S/C24H37Cl2N3O2/c1-17(16-18-8-10-19(11-9-18)27-23(30)31-24(2,3)4)28-12-14-29(15-13-28)21-7-5-6-20(25)22(21)26/h5-7,17-19H,8-16H2,1-4H3,(H,27,30). The van der Waals surface area contributed by atoms with Crippen molar-refractivity contribution in [2.24, 2.45) is 5.92 Å². The van der Waals surface area contributed by atoms with Crippen LogP contribution in [0.5, 0.6) is 0 Å². The number of anilines is 1. The van der Waals surface area contributed by atoms with Gasteiger partial charge >= 0.3 is 6.09 Å². The lowest BCUT2D eigenvalue weighted by Gasteiger charge is -2.41. The molecular formula is C24H37Cl2N3O2. The Bertz CT molecular complexity index is 737. The van der Waals surface area contributed by atoms with E-state index in [9.17, 15) is 4.79 Å². The highest BCUT2D eigenvalue weighted by Gasteiger charge is 2.28. The Morgan fingerprint density at radius 2 is 1.77 bits per heavy atom. The number of carbonyl (C=O) groups is 1. The summed E-state index contributed by atoms with van der Waals surface area (Å²) < 4.78 is 5.39. The summed E-state index contributed by atoms with van der Waals surface area (Å²) >= 11 is 12.6. The van der Waals surface area contributed by atoms with E-state index in [4.69, 9.17) is 27.9 Å². The number of nitrogens with one attached hydrogen (secondary N) is 1. The number of hydrogen-bond donors (Lipinski definition) is 1. The van der Waals surface area contributed by atoms with Gasteiger partial charge in [0.2, 0.25) is 0 Å². The number of carbonyl (C=O) groups excluding carboxylic acids is 1. The van der Waals surface area contributed by atoms with Crippen LogP contribution < -0.4 is 10.2 Å². The Morgan fingerprint density at radius 3 is 2.39 bits per heavy atom. The zero-order chi connectivity index (χ0) is 22.6. The molecule has 1 saturated carbocycles. The fourth-order valence-corrected chi connectivity index (χ4v) is 5.20. The van der Waals surface area contributed by atoms with Crippen molar-refractivity contribution < 1.29 is 9.53 Å². The van der Waals surface area contributed by atoms with Crippen molar-refractivity contribution in [1.82, 2.24) is 10.2 Å². The molecule has 1 N–H and O–H groups in total. The molecule has 0 bridgehead atoms. The van der Waals surface area contributed by atoms with Gasteiger partial charge in [-0.05, 0) is 77.8 Å². The van der Waals surface area contributed by atoms with E-state index in [2.05, 4.69) is 28.1 Å². The predicted octanol–water partition coefficient (Wildman–Crippen LogP) is 5.98. The van der Waals surface area contributed by atoms with Gasteiger partial charge in [-0.15, -0.1) is 0 Å². The van der Waals surface area contributed by atoms with Crippen molar-refractivity contribution in [3.8, 4) is 0 Å². The second kappa shape index (κ2) is 10.6. The molecule has 31 heavy (non-hydrogen) atoms. The molecule has 1 heterocycles. The zero-order valence-corrected chi connectivity index (χ0v) is 20.8. The van der Waals surface area contributed by atoms with E-state index in [-0.39, 0.29) is 12.1 Å². The van der Waals surface area contributed by atoms with Gasteiger partial charge in [0, 0.05) is 38.3 Å². The normalized spacial score (nSPS) is 24.0. The molecule has 1 aromatic carbocycles. The summed E-state index contributed by atoms with van der Waals surface area (Å²) in [6.07, 6.45) is 5.35. The molecule has 1 aliphatic heterocycles. The summed E-state index contributed by atoms with van der Waals surface area (Å²) in [6, 6.07) is 6.66. The van der Waals surface area contributed by atoms with Crippen LogP contribution in [-0.4, -0.2) is 54.9 Å². The molecule has 2 aliphatic rings. The third kappa shape index (κ3) is 7.16. The van der Waals surface area contributed by atoms with Crippen molar-refractivity contribution in [3.05, 3.63) is 28.2 Å². The topological polar surface area (TPSA) is 44.8 Å². The monoisotopic (exact) mass is 469 g/mol. The van der Waals surface area contributed by atoms with Crippen LogP contribution in [0.4, 0.5) is 10.5 Å². The minimum absolute atomic E-state index is 0.243. The third-order valence-electron chi connectivity index (χ3n) is 6.45. The summed E-state index contributed by atoms with van der Waals surface area (Å²) in [6.45, 7) is 12.1. The molecule has 0 aromatic heterocycles. The molecule has 0 spiro atoms. The van der Waals surface area contributed by atoms with E-state index in [0.717, 1.165) is 50.6 Å². The molecule has 1 aromatic rings. The Hall–Kier alpha value is -1.17.